The van der Waals surface area contributed by atoms with Gasteiger partial charge in [-0.2, -0.15) is 0 Å². The summed E-state index contributed by atoms with van der Waals surface area (Å²) >= 11 is 0. The number of nitrogens with zero attached hydrogens (tertiary/aromatic N) is 1. The number of anilines is 1. The molecule has 1 aliphatic carbocycles. The van der Waals surface area contributed by atoms with Crippen LogP contribution in [0.15, 0.2) is 24.3 Å². The molecule has 0 spiro atoms. The Bertz CT molecular complexity index is 885. The highest BCUT2D eigenvalue weighted by molar-refractivity contribution is 5.96. The molecule has 26 heavy (non-hydrogen) atoms. The van der Waals surface area contributed by atoms with Crippen LogP contribution in [0.2, 0.25) is 0 Å². The van der Waals surface area contributed by atoms with E-state index in [1.165, 1.54) is 23.1 Å². The topological polar surface area (TPSA) is 54.0 Å². The number of nitrogens with one attached hydrogen (secondary N) is 2. The Morgan fingerprint density at radius 2 is 2.04 bits per heavy atom. The van der Waals surface area contributed by atoms with Crippen LogP contribution in [0.4, 0.5) is 5.69 Å². The molecule has 2 aromatic rings. The molecular weight excluding hydrogens is 322 g/mol. The average Bonchev–Trinajstić information content (AvgIpc) is 2.89. The first-order chi connectivity index (χ1) is 12.3. The van der Waals surface area contributed by atoms with Crippen molar-refractivity contribution < 1.29 is 4.79 Å². The van der Waals surface area contributed by atoms with Crippen molar-refractivity contribution in [2.75, 3.05) is 11.9 Å². The zero-order valence-corrected chi connectivity index (χ0v) is 16.1. The summed E-state index contributed by atoms with van der Waals surface area (Å²) < 4.78 is 0. The summed E-state index contributed by atoms with van der Waals surface area (Å²) in [6.45, 7) is 9.54. The van der Waals surface area contributed by atoms with Crippen LogP contribution >= 0.6 is 0 Å². The van der Waals surface area contributed by atoms with Gasteiger partial charge in [-0.05, 0) is 67.0 Å². The van der Waals surface area contributed by atoms with Gasteiger partial charge in [0.2, 0.25) is 5.91 Å². The van der Waals surface area contributed by atoms with Crippen molar-refractivity contribution in [1.29, 1.82) is 0 Å². The highest BCUT2D eigenvalue weighted by Crippen LogP contribution is 2.41. The van der Waals surface area contributed by atoms with E-state index in [1.54, 1.807) is 0 Å². The van der Waals surface area contributed by atoms with Crippen LogP contribution in [0.1, 0.15) is 60.0 Å². The third kappa shape index (κ3) is 2.92. The number of pyridine rings is 1. The minimum absolute atomic E-state index is 0.00629. The van der Waals surface area contributed by atoms with Crippen molar-refractivity contribution in [3.8, 4) is 0 Å². The summed E-state index contributed by atoms with van der Waals surface area (Å²) in [6.07, 6.45) is 3.12. The summed E-state index contributed by atoms with van der Waals surface area (Å²) in [6, 6.07) is 7.95. The molecule has 2 heterocycles. The van der Waals surface area contributed by atoms with Crippen molar-refractivity contribution in [2.24, 2.45) is 0 Å². The molecule has 0 bridgehead atoms. The van der Waals surface area contributed by atoms with Gasteiger partial charge < -0.3 is 10.6 Å². The molecule has 136 valence electrons. The third-order valence-corrected chi connectivity index (χ3v) is 5.81. The molecule has 1 aromatic carbocycles. The third-order valence-electron chi connectivity index (χ3n) is 5.81. The van der Waals surface area contributed by atoms with E-state index < -0.39 is 0 Å². The Hall–Kier alpha value is -2.20. The number of benzene rings is 1. The molecule has 0 radical (unpaired) electrons. The molecule has 2 aliphatic rings. The molecule has 2 N–H and O–H groups in total. The van der Waals surface area contributed by atoms with Gasteiger partial charge >= 0.3 is 0 Å². The maximum Gasteiger partial charge on any atom is 0.246 e. The zero-order valence-electron chi connectivity index (χ0n) is 16.1. The van der Waals surface area contributed by atoms with E-state index in [9.17, 15) is 4.79 Å². The minimum Gasteiger partial charge on any atom is -0.324 e. The number of rotatable bonds is 2. The van der Waals surface area contributed by atoms with Gasteiger partial charge in [0.1, 0.15) is 6.04 Å². The number of carbonyl (C=O) groups is 1. The smallest absolute Gasteiger partial charge is 0.246 e. The lowest BCUT2D eigenvalue weighted by molar-refractivity contribution is -0.118. The zero-order chi connectivity index (χ0) is 18.5. The van der Waals surface area contributed by atoms with Gasteiger partial charge in [0.25, 0.3) is 0 Å². The molecule has 1 amide bonds. The Morgan fingerprint density at radius 3 is 2.85 bits per heavy atom. The fourth-order valence-corrected chi connectivity index (χ4v) is 4.65. The maximum absolute atomic E-state index is 13.0. The number of aryl methyl sites for hydroxylation is 3. The van der Waals surface area contributed by atoms with E-state index >= 15 is 0 Å². The van der Waals surface area contributed by atoms with E-state index in [0.29, 0.717) is 0 Å². The molecule has 1 aliphatic heterocycles. The fourth-order valence-electron chi connectivity index (χ4n) is 4.65. The number of amides is 1. The number of carbonyl (C=O) groups excluding carboxylic acids is 1. The van der Waals surface area contributed by atoms with Gasteiger partial charge in [-0.15, -0.1) is 0 Å². The molecule has 1 atom stereocenters. The fraction of sp³-hybridized carbons (Fsp3) is 0.455. The minimum atomic E-state index is -0.336. The van der Waals surface area contributed by atoms with Crippen molar-refractivity contribution in [2.45, 2.75) is 58.4 Å². The lowest BCUT2D eigenvalue weighted by Gasteiger charge is -2.26. The first-order valence-electron chi connectivity index (χ1n) is 9.50. The van der Waals surface area contributed by atoms with Crippen molar-refractivity contribution >= 4 is 11.6 Å². The van der Waals surface area contributed by atoms with Gasteiger partial charge in [0.15, 0.2) is 0 Å². The second kappa shape index (κ2) is 6.20. The Morgan fingerprint density at radius 1 is 1.23 bits per heavy atom. The Labute approximate surface area is 155 Å². The second-order valence-electron chi connectivity index (χ2n) is 8.33. The number of fused-ring (bicyclic) bond motifs is 2. The van der Waals surface area contributed by atoms with E-state index in [0.717, 1.165) is 42.0 Å². The molecule has 0 unspecified atom stereocenters. The highest BCUT2D eigenvalue weighted by Gasteiger charge is 2.32. The summed E-state index contributed by atoms with van der Waals surface area (Å²) in [5.41, 5.74) is 8.27. The van der Waals surface area contributed by atoms with Crippen LogP contribution in [-0.2, 0) is 23.1 Å². The average molecular weight is 349 g/mol. The lowest BCUT2D eigenvalue weighted by Crippen LogP contribution is -2.38. The lowest BCUT2D eigenvalue weighted by atomic mass is 9.84. The maximum atomic E-state index is 13.0. The van der Waals surface area contributed by atoms with Gasteiger partial charge in [-0.25, -0.2) is 0 Å². The second-order valence-corrected chi connectivity index (χ2v) is 8.33. The van der Waals surface area contributed by atoms with Crippen molar-refractivity contribution in [3.63, 3.8) is 0 Å². The number of hydrogen-bond acceptors (Lipinski definition) is 3. The molecule has 0 fully saturated rings. The first-order valence-corrected chi connectivity index (χ1v) is 9.50. The summed E-state index contributed by atoms with van der Waals surface area (Å²) in [5, 5.41) is 6.48. The Kier molecular flexibility index (Phi) is 4.11. The highest BCUT2D eigenvalue weighted by atomic mass is 16.2. The molecule has 4 rings (SSSR count). The normalized spacial score (nSPS) is 20.4. The van der Waals surface area contributed by atoms with Crippen LogP contribution in [0.25, 0.3) is 0 Å². The van der Waals surface area contributed by atoms with Crippen LogP contribution in [0, 0.1) is 13.8 Å². The van der Waals surface area contributed by atoms with Gasteiger partial charge in [-0.1, -0.05) is 19.9 Å². The summed E-state index contributed by atoms with van der Waals surface area (Å²) in [5.74, 6) is -0.00629. The van der Waals surface area contributed by atoms with E-state index in [2.05, 4.69) is 48.5 Å². The largest absolute Gasteiger partial charge is 0.324 e. The molecule has 4 heteroatoms. The van der Waals surface area contributed by atoms with Gasteiger partial charge in [0, 0.05) is 35.6 Å². The predicted octanol–water partition coefficient (Wildman–Crippen LogP) is 3.75. The van der Waals surface area contributed by atoms with Crippen molar-refractivity contribution in [3.05, 3.63) is 57.9 Å². The van der Waals surface area contributed by atoms with E-state index in [1.807, 2.05) is 19.1 Å². The van der Waals surface area contributed by atoms with E-state index in [4.69, 9.17) is 0 Å². The quantitative estimate of drug-likeness (QED) is 0.868. The summed E-state index contributed by atoms with van der Waals surface area (Å²) in [7, 11) is 0. The SMILES string of the molecule is Cc1ccc2c(n1)CCN[C@H]2C(=O)Nc1cc(C)c2c(c1)CCC2(C)C. The Balaban J connectivity index is 1.60. The van der Waals surface area contributed by atoms with Gasteiger partial charge in [-0.3, -0.25) is 9.78 Å². The first kappa shape index (κ1) is 17.2. The number of hydrogen-bond donors (Lipinski definition) is 2. The molecule has 1 aromatic heterocycles. The van der Waals surface area contributed by atoms with Crippen molar-refractivity contribution in [1.82, 2.24) is 10.3 Å². The molecule has 0 saturated heterocycles. The standard InChI is InChI=1S/C22H27N3O/c1-13-11-16(12-15-7-9-22(3,4)19(13)15)25-21(26)20-17-6-5-14(2)24-18(17)8-10-23-20/h5-6,11-12,20,23H,7-10H2,1-4H3,(H,25,26)/t20-/m1/s1. The molecule has 0 saturated carbocycles. The predicted molar refractivity (Wildman–Crippen MR) is 105 cm³/mol. The molecular formula is C22H27N3O. The van der Waals surface area contributed by atoms with Crippen LogP contribution in [0.3, 0.4) is 0 Å². The molecule has 4 nitrogen and oxygen atoms in total. The van der Waals surface area contributed by atoms with Crippen LogP contribution in [0.5, 0.6) is 0 Å². The number of aromatic nitrogens is 1. The van der Waals surface area contributed by atoms with Gasteiger partial charge in [0.05, 0.1) is 0 Å². The van der Waals surface area contributed by atoms with Crippen LogP contribution in [-0.4, -0.2) is 17.4 Å². The van der Waals surface area contributed by atoms with E-state index in [-0.39, 0.29) is 17.4 Å². The monoisotopic (exact) mass is 349 g/mol. The summed E-state index contributed by atoms with van der Waals surface area (Å²) in [4.78, 5) is 17.6. The van der Waals surface area contributed by atoms with Crippen LogP contribution < -0.4 is 10.6 Å².